The Morgan fingerprint density at radius 2 is 1.72 bits per heavy atom. The van der Waals surface area contributed by atoms with Crippen LogP contribution in [0.3, 0.4) is 0 Å². The molecule has 5 N–H and O–H groups in total. The van der Waals surface area contributed by atoms with E-state index in [9.17, 15) is 20.1 Å². The molecule has 0 radical (unpaired) electrons. The number of aliphatic hydroxyl groups is 2. The van der Waals surface area contributed by atoms with Crippen LogP contribution in [-0.2, 0) is 17.6 Å². The van der Waals surface area contributed by atoms with E-state index in [-0.39, 0.29) is 36.3 Å². The lowest BCUT2D eigenvalue weighted by Gasteiger charge is -2.28. The minimum atomic E-state index is -0.671. The molecule has 6 heteroatoms. The zero-order valence-electron chi connectivity index (χ0n) is 19.6. The quantitative estimate of drug-likeness (QED) is 0.348. The standard InChI is InChI=1S/C26H38N2O4/c1-18(2)12-22(17-29)28-25(32)14-19-6-5-7-20(13-19)15-26(3,4)27-16-24(31)21-8-10-23(30)11-9-21/h5-11,13,18,22,24,27,29-31H,12,14-17H2,1-4H3,(H,28,32)/t22-,24?/m0/s1. The predicted molar refractivity (Wildman–Crippen MR) is 127 cm³/mol. The van der Waals surface area contributed by atoms with Crippen molar-refractivity contribution in [3.8, 4) is 5.75 Å². The number of rotatable bonds is 12. The molecule has 0 fully saturated rings. The van der Waals surface area contributed by atoms with Crippen LogP contribution in [0.15, 0.2) is 48.5 Å². The normalized spacial score (nSPS) is 13.7. The van der Waals surface area contributed by atoms with Crippen LogP contribution in [0.1, 0.15) is 56.9 Å². The van der Waals surface area contributed by atoms with Crippen LogP contribution >= 0.6 is 0 Å². The Hall–Kier alpha value is -2.41. The minimum absolute atomic E-state index is 0.0557. The van der Waals surface area contributed by atoms with Gasteiger partial charge in [0, 0.05) is 12.1 Å². The molecule has 2 atom stereocenters. The highest BCUT2D eigenvalue weighted by molar-refractivity contribution is 5.78. The number of β-amino-alcohol motifs (C(OH)–C–C–N with tert-alkyl or cyclic N) is 1. The summed E-state index contributed by atoms with van der Waals surface area (Å²) in [5, 5.41) is 35.6. The molecular weight excluding hydrogens is 404 g/mol. The zero-order chi connectivity index (χ0) is 23.7. The summed E-state index contributed by atoms with van der Waals surface area (Å²) >= 11 is 0. The summed E-state index contributed by atoms with van der Waals surface area (Å²) in [6.45, 7) is 8.62. The first-order chi connectivity index (χ1) is 15.1. The number of phenols is 1. The fraction of sp³-hybridized carbons (Fsp3) is 0.500. The molecule has 2 rings (SSSR count). The summed E-state index contributed by atoms with van der Waals surface area (Å²) in [7, 11) is 0. The zero-order valence-corrected chi connectivity index (χ0v) is 19.6. The smallest absolute Gasteiger partial charge is 0.224 e. The van der Waals surface area contributed by atoms with Crippen molar-refractivity contribution >= 4 is 5.91 Å². The first kappa shape index (κ1) is 25.8. The molecule has 0 saturated heterocycles. The molecule has 2 aromatic carbocycles. The van der Waals surface area contributed by atoms with Crippen LogP contribution in [0.2, 0.25) is 0 Å². The van der Waals surface area contributed by atoms with Gasteiger partial charge in [-0.1, -0.05) is 50.2 Å². The molecule has 1 unspecified atom stereocenters. The Labute approximate surface area is 191 Å². The SMILES string of the molecule is CC(C)C[C@@H](CO)NC(=O)Cc1cccc(CC(C)(C)NCC(O)c2ccc(O)cc2)c1. The Bertz CT molecular complexity index is 849. The molecule has 0 aromatic heterocycles. The molecule has 0 aliphatic rings. The summed E-state index contributed by atoms with van der Waals surface area (Å²) < 4.78 is 0. The summed E-state index contributed by atoms with van der Waals surface area (Å²) in [4.78, 5) is 12.4. The molecular formula is C26H38N2O4. The second kappa shape index (κ2) is 12.0. The van der Waals surface area contributed by atoms with Crippen molar-refractivity contribution in [1.82, 2.24) is 10.6 Å². The summed E-state index contributed by atoms with van der Waals surface area (Å²) in [5.41, 5.74) is 2.52. The molecule has 0 heterocycles. The van der Waals surface area contributed by atoms with Crippen LogP contribution in [-0.4, -0.2) is 46.0 Å². The maximum Gasteiger partial charge on any atom is 0.224 e. The maximum atomic E-state index is 12.4. The second-order valence-electron chi connectivity index (χ2n) is 9.62. The highest BCUT2D eigenvalue weighted by Crippen LogP contribution is 2.19. The highest BCUT2D eigenvalue weighted by atomic mass is 16.3. The summed E-state index contributed by atoms with van der Waals surface area (Å²) in [6.07, 6.45) is 1.08. The lowest BCUT2D eigenvalue weighted by atomic mass is 9.93. The van der Waals surface area contributed by atoms with Crippen molar-refractivity contribution in [3.05, 3.63) is 65.2 Å². The van der Waals surface area contributed by atoms with Gasteiger partial charge >= 0.3 is 0 Å². The van der Waals surface area contributed by atoms with Gasteiger partial charge in [0.15, 0.2) is 0 Å². The Kier molecular flexibility index (Phi) is 9.69. The van der Waals surface area contributed by atoms with Crippen molar-refractivity contribution in [2.75, 3.05) is 13.2 Å². The molecule has 176 valence electrons. The third-order valence-electron chi connectivity index (χ3n) is 5.40. The summed E-state index contributed by atoms with van der Waals surface area (Å²) in [6, 6.07) is 14.3. The fourth-order valence-corrected chi connectivity index (χ4v) is 3.82. The van der Waals surface area contributed by atoms with Gasteiger partial charge in [0.05, 0.1) is 25.2 Å². The van der Waals surface area contributed by atoms with Crippen molar-refractivity contribution < 1.29 is 20.1 Å². The number of aliphatic hydroxyl groups excluding tert-OH is 2. The number of phenolic OH excluding ortho intramolecular Hbond substituents is 1. The number of amides is 1. The number of benzene rings is 2. The van der Waals surface area contributed by atoms with Gasteiger partial charge in [0.1, 0.15) is 5.75 Å². The molecule has 6 nitrogen and oxygen atoms in total. The molecule has 2 aromatic rings. The minimum Gasteiger partial charge on any atom is -0.508 e. The molecule has 0 bridgehead atoms. The van der Waals surface area contributed by atoms with Crippen molar-refractivity contribution in [2.24, 2.45) is 5.92 Å². The number of hydrogen-bond acceptors (Lipinski definition) is 5. The van der Waals surface area contributed by atoms with E-state index in [1.807, 2.05) is 24.3 Å². The molecule has 32 heavy (non-hydrogen) atoms. The number of nitrogens with one attached hydrogen (secondary N) is 2. The van der Waals surface area contributed by atoms with Gasteiger partial charge in [0.25, 0.3) is 0 Å². The lowest BCUT2D eigenvalue weighted by Crippen LogP contribution is -2.43. The van der Waals surface area contributed by atoms with E-state index >= 15 is 0 Å². The first-order valence-corrected chi connectivity index (χ1v) is 11.3. The van der Waals surface area contributed by atoms with Gasteiger partial charge in [-0.15, -0.1) is 0 Å². The fourth-order valence-electron chi connectivity index (χ4n) is 3.82. The van der Waals surface area contributed by atoms with Crippen LogP contribution in [0, 0.1) is 5.92 Å². The molecule has 1 amide bonds. The molecule has 0 aliphatic carbocycles. The maximum absolute atomic E-state index is 12.4. The van der Waals surface area contributed by atoms with Gasteiger partial charge in [-0.2, -0.15) is 0 Å². The van der Waals surface area contributed by atoms with E-state index in [0.717, 1.165) is 29.5 Å². The predicted octanol–water partition coefficient (Wildman–Crippen LogP) is 3.10. The Balaban J connectivity index is 1.91. The van der Waals surface area contributed by atoms with Gasteiger partial charge in [-0.25, -0.2) is 0 Å². The first-order valence-electron chi connectivity index (χ1n) is 11.3. The topological polar surface area (TPSA) is 102 Å². The number of carbonyl (C=O) groups is 1. The van der Waals surface area contributed by atoms with Gasteiger partial charge in [0.2, 0.25) is 5.91 Å². The number of carbonyl (C=O) groups excluding carboxylic acids is 1. The van der Waals surface area contributed by atoms with Gasteiger partial charge in [-0.3, -0.25) is 4.79 Å². The molecule has 0 aliphatic heterocycles. The number of aromatic hydroxyl groups is 1. The van der Waals surface area contributed by atoms with Crippen LogP contribution in [0.25, 0.3) is 0 Å². The van der Waals surface area contributed by atoms with Crippen LogP contribution in [0.5, 0.6) is 5.75 Å². The molecule has 0 spiro atoms. The molecule has 0 saturated carbocycles. The average Bonchev–Trinajstić information content (AvgIpc) is 2.71. The van der Waals surface area contributed by atoms with E-state index in [0.29, 0.717) is 12.5 Å². The monoisotopic (exact) mass is 442 g/mol. The van der Waals surface area contributed by atoms with E-state index in [1.54, 1.807) is 24.3 Å². The van der Waals surface area contributed by atoms with Gasteiger partial charge in [-0.05, 0) is 61.4 Å². The largest absolute Gasteiger partial charge is 0.508 e. The van der Waals surface area contributed by atoms with Crippen LogP contribution in [0.4, 0.5) is 0 Å². The van der Waals surface area contributed by atoms with Crippen molar-refractivity contribution in [2.45, 2.75) is 64.6 Å². The summed E-state index contributed by atoms with van der Waals surface area (Å²) in [5.74, 6) is 0.490. The van der Waals surface area contributed by atoms with Gasteiger partial charge < -0.3 is 26.0 Å². The average molecular weight is 443 g/mol. The third kappa shape index (κ3) is 8.99. The third-order valence-corrected chi connectivity index (χ3v) is 5.40. The highest BCUT2D eigenvalue weighted by Gasteiger charge is 2.20. The van der Waals surface area contributed by atoms with Crippen LogP contribution < -0.4 is 10.6 Å². The van der Waals surface area contributed by atoms with E-state index in [2.05, 4.69) is 38.3 Å². The van der Waals surface area contributed by atoms with Crippen molar-refractivity contribution in [1.29, 1.82) is 0 Å². The van der Waals surface area contributed by atoms with Crippen molar-refractivity contribution in [3.63, 3.8) is 0 Å². The van der Waals surface area contributed by atoms with E-state index in [4.69, 9.17) is 0 Å². The number of hydrogen-bond donors (Lipinski definition) is 5. The lowest BCUT2D eigenvalue weighted by molar-refractivity contribution is -0.121. The second-order valence-corrected chi connectivity index (χ2v) is 9.62. The van der Waals surface area contributed by atoms with E-state index < -0.39 is 6.10 Å². The Morgan fingerprint density at radius 3 is 2.34 bits per heavy atom. The van der Waals surface area contributed by atoms with E-state index in [1.165, 1.54) is 0 Å². The Morgan fingerprint density at radius 1 is 1.06 bits per heavy atom.